The number of aromatic nitrogens is 2. The van der Waals surface area contributed by atoms with Gasteiger partial charge in [-0.1, -0.05) is 13.8 Å². The molecule has 3 N–H and O–H groups in total. The van der Waals surface area contributed by atoms with E-state index in [-0.39, 0.29) is 23.4 Å². The van der Waals surface area contributed by atoms with Gasteiger partial charge in [-0.3, -0.25) is 14.9 Å². The number of H-pyrrole nitrogens is 1. The van der Waals surface area contributed by atoms with Gasteiger partial charge >= 0.3 is 0 Å². The fourth-order valence-electron chi connectivity index (χ4n) is 4.15. The van der Waals surface area contributed by atoms with Crippen LogP contribution in [0.2, 0.25) is 0 Å². The second-order valence-electron chi connectivity index (χ2n) is 8.29. The van der Waals surface area contributed by atoms with Gasteiger partial charge in [0.2, 0.25) is 11.8 Å². The fourth-order valence-corrected chi connectivity index (χ4v) is 4.15. The molecule has 0 saturated carbocycles. The van der Waals surface area contributed by atoms with Gasteiger partial charge in [-0.25, -0.2) is 4.98 Å². The van der Waals surface area contributed by atoms with E-state index in [1.807, 2.05) is 4.90 Å². The second-order valence-corrected chi connectivity index (χ2v) is 8.29. The first-order valence-corrected chi connectivity index (χ1v) is 10.2. The van der Waals surface area contributed by atoms with Crippen molar-refractivity contribution in [2.24, 2.45) is 5.92 Å². The van der Waals surface area contributed by atoms with Gasteiger partial charge < -0.3 is 15.2 Å². The summed E-state index contributed by atoms with van der Waals surface area (Å²) in [6, 6.07) is -0.287. The molecule has 3 heterocycles. The van der Waals surface area contributed by atoms with E-state index < -0.39 is 0 Å². The third-order valence-corrected chi connectivity index (χ3v) is 5.71. The number of carbonyl (C=O) groups is 2. The molecule has 7 nitrogen and oxygen atoms in total. The molecule has 1 spiro atoms. The molecule has 2 aliphatic rings. The van der Waals surface area contributed by atoms with Crippen molar-refractivity contribution in [1.82, 2.24) is 25.5 Å². The smallest absolute Gasteiger partial charge is 0.237 e. The SMILES string of the molecule is C#CCCCC(=O)N1CCC2(CC1)NC(C(=O)NCC(C)C)Cc1[nH]cnc12. The number of fused-ring (bicyclic) bond motifs is 2. The summed E-state index contributed by atoms with van der Waals surface area (Å²) < 4.78 is 0. The van der Waals surface area contributed by atoms with E-state index in [9.17, 15) is 9.59 Å². The fraction of sp³-hybridized carbons (Fsp3) is 0.667. The lowest BCUT2D eigenvalue weighted by Gasteiger charge is -2.46. The van der Waals surface area contributed by atoms with Crippen molar-refractivity contribution in [2.75, 3.05) is 19.6 Å². The number of amides is 2. The van der Waals surface area contributed by atoms with Gasteiger partial charge in [-0.15, -0.1) is 12.3 Å². The zero-order valence-electron chi connectivity index (χ0n) is 16.9. The first-order chi connectivity index (χ1) is 13.4. The third kappa shape index (κ3) is 4.39. The molecular formula is C21H31N5O2. The lowest BCUT2D eigenvalue weighted by molar-refractivity contribution is -0.134. The quantitative estimate of drug-likeness (QED) is 0.509. The Bertz CT molecular complexity index is 740. The maximum absolute atomic E-state index is 12.7. The van der Waals surface area contributed by atoms with Crippen LogP contribution in [0.25, 0.3) is 0 Å². The number of hydrogen-bond acceptors (Lipinski definition) is 4. The highest BCUT2D eigenvalue weighted by Gasteiger charge is 2.46. The number of hydrogen-bond donors (Lipinski definition) is 3. The number of carbonyl (C=O) groups excluding carboxylic acids is 2. The van der Waals surface area contributed by atoms with Crippen molar-refractivity contribution >= 4 is 11.8 Å². The van der Waals surface area contributed by atoms with Crippen LogP contribution < -0.4 is 10.6 Å². The van der Waals surface area contributed by atoms with Crippen LogP contribution in [-0.2, 0) is 21.5 Å². The normalized spacial score (nSPS) is 20.6. The maximum atomic E-state index is 12.7. The minimum atomic E-state index is -0.358. The van der Waals surface area contributed by atoms with Gasteiger partial charge in [0.05, 0.1) is 23.6 Å². The highest BCUT2D eigenvalue weighted by molar-refractivity contribution is 5.82. The molecule has 0 bridgehead atoms. The van der Waals surface area contributed by atoms with Crippen LogP contribution in [0.3, 0.4) is 0 Å². The summed E-state index contributed by atoms with van der Waals surface area (Å²) in [5.74, 6) is 3.18. The van der Waals surface area contributed by atoms with Crippen molar-refractivity contribution in [3.8, 4) is 12.3 Å². The summed E-state index contributed by atoms with van der Waals surface area (Å²) in [4.78, 5) is 34.8. The van der Waals surface area contributed by atoms with Crippen molar-refractivity contribution in [1.29, 1.82) is 0 Å². The maximum Gasteiger partial charge on any atom is 0.237 e. The topological polar surface area (TPSA) is 90.1 Å². The number of unbranched alkanes of at least 4 members (excludes halogenated alkanes) is 1. The summed E-state index contributed by atoms with van der Waals surface area (Å²) >= 11 is 0. The number of rotatable bonds is 6. The van der Waals surface area contributed by atoms with Gasteiger partial charge in [-0.2, -0.15) is 0 Å². The number of aromatic amines is 1. The first-order valence-electron chi connectivity index (χ1n) is 10.2. The first kappa shape index (κ1) is 20.4. The molecule has 152 valence electrons. The standard InChI is InChI=1S/C21H31N5O2/c1-4-5-6-7-18(27)26-10-8-21(9-11-26)19-16(23-14-24-19)12-17(25-21)20(28)22-13-15(2)3/h1,14-15,17,25H,5-13H2,2-3H3,(H,22,28)(H,23,24). The summed E-state index contributed by atoms with van der Waals surface area (Å²) in [7, 11) is 0. The lowest BCUT2D eigenvalue weighted by Crippen LogP contribution is -2.62. The van der Waals surface area contributed by atoms with Crippen LogP contribution >= 0.6 is 0 Å². The number of piperidine rings is 1. The Balaban J connectivity index is 1.67. The highest BCUT2D eigenvalue weighted by atomic mass is 16.2. The van der Waals surface area contributed by atoms with E-state index in [1.165, 1.54) is 0 Å². The molecule has 1 atom stereocenters. The monoisotopic (exact) mass is 385 g/mol. The minimum Gasteiger partial charge on any atom is -0.354 e. The number of imidazole rings is 1. The van der Waals surface area contributed by atoms with Crippen molar-refractivity contribution in [3.63, 3.8) is 0 Å². The molecule has 1 aromatic rings. The predicted octanol–water partition coefficient (Wildman–Crippen LogP) is 1.32. The van der Waals surface area contributed by atoms with E-state index in [1.54, 1.807) is 6.33 Å². The van der Waals surface area contributed by atoms with Crippen LogP contribution in [0, 0.1) is 18.3 Å². The molecule has 3 rings (SSSR count). The Kier molecular flexibility index (Phi) is 6.40. The molecule has 2 aliphatic heterocycles. The largest absolute Gasteiger partial charge is 0.354 e. The molecule has 0 aromatic carbocycles. The molecule has 1 aromatic heterocycles. The number of nitrogens with one attached hydrogen (secondary N) is 3. The van der Waals surface area contributed by atoms with Crippen LogP contribution in [0.5, 0.6) is 0 Å². The molecule has 28 heavy (non-hydrogen) atoms. The Hall–Kier alpha value is -2.33. The molecule has 2 amide bonds. The predicted molar refractivity (Wildman–Crippen MR) is 107 cm³/mol. The van der Waals surface area contributed by atoms with Crippen LogP contribution in [0.15, 0.2) is 6.33 Å². The zero-order valence-corrected chi connectivity index (χ0v) is 16.9. The summed E-state index contributed by atoms with van der Waals surface area (Å²) in [5.41, 5.74) is 1.67. The Morgan fingerprint density at radius 1 is 1.43 bits per heavy atom. The van der Waals surface area contributed by atoms with Crippen LogP contribution in [0.4, 0.5) is 0 Å². The number of nitrogens with zero attached hydrogens (tertiary/aromatic N) is 2. The molecular weight excluding hydrogens is 354 g/mol. The summed E-state index contributed by atoms with van der Waals surface area (Å²) in [6.07, 6.45) is 11.0. The third-order valence-electron chi connectivity index (χ3n) is 5.71. The Labute approximate surface area is 167 Å². The van der Waals surface area contributed by atoms with E-state index in [0.717, 1.165) is 30.7 Å². The van der Waals surface area contributed by atoms with Crippen molar-refractivity contribution < 1.29 is 9.59 Å². The Morgan fingerprint density at radius 2 is 2.18 bits per heavy atom. The van der Waals surface area contributed by atoms with E-state index in [2.05, 4.69) is 40.4 Å². The average molecular weight is 386 g/mol. The van der Waals surface area contributed by atoms with Gasteiger partial charge in [0.1, 0.15) is 0 Å². The zero-order chi connectivity index (χ0) is 20.1. The van der Waals surface area contributed by atoms with E-state index >= 15 is 0 Å². The van der Waals surface area contributed by atoms with Gasteiger partial charge in [0, 0.05) is 44.6 Å². The lowest BCUT2D eigenvalue weighted by atomic mass is 9.78. The average Bonchev–Trinajstić information content (AvgIpc) is 3.16. The van der Waals surface area contributed by atoms with E-state index in [4.69, 9.17) is 6.42 Å². The number of terminal acetylenes is 1. The molecule has 1 unspecified atom stereocenters. The summed E-state index contributed by atoms with van der Waals surface area (Å²) in [6.45, 7) is 6.15. The van der Waals surface area contributed by atoms with Crippen molar-refractivity contribution in [2.45, 2.75) is 64.0 Å². The van der Waals surface area contributed by atoms with Gasteiger partial charge in [-0.05, 0) is 25.2 Å². The number of likely N-dealkylation sites (tertiary alicyclic amines) is 1. The second kappa shape index (κ2) is 8.78. The van der Waals surface area contributed by atoms with Crippen LogP contribution in [0.1, 0.15) is 57.3 Å². The summed E-state index contributed by atoms with van der Waals surface area (Å²) in [5, 5.41) is 6.62. The minimum absolute atomic E-state index is 0.0288. The molecule has 1 fully saturated rings. The van der Waals surface area contributed by atoms with Gasteiger partial charge in [0.15, 0.2) is 0 Å². The van der Waals surface area contributed by atoms with Gasteiger partial charge in [0.25, 0.3) is 0 Å². The molecule has 0 radical (unpaired) electrons. The molecule has 0 aliphatic carbocycles. The van der Waals surface area contributed by atoms with E-state index in [0.29, 0.717) is 44.8 Å². The Morgan fingerprint density at radius 3 is 2.86 bits per heavy atom. The van der Waals surface area contributed by atoms with Crippen molar-refractivity contribution in [3.05, 3.63) is 17.7 Å². The highest BCUT2D eigenvalue weighted by Crippen LogP contribution is 2.37. The molecule has 7 heteroatoms. The van der Waals surface area contributed by atoms with Crippen LogP contribution in [-0.4, -0.2) is 52.4 Å². The molecule has 1 saturated heterocycles.